The molecule has 0 saturated carbocycles. The Balaban J connectivity index is 2.68. The molecule has 0 fully saturated rings. The van der Waals surface area contributed by atoms with Crippen molar-refractivity contribution in [2.75, 3.05) is 20.3 Å². The van der Waals surface area contributed by atoms with Crippen LogP contribution in [0, 0.1) is 5.92 Å². The quantitative estimate of drug-likeness (QED) is 0.729. The highest BCUT2D eigenvalue weighted by Gasteiger charge is 2.06. The van der Waals surface area contributed by atoms with Crippen LogP contribution in [0.25, 0.3) is 0 Å². The van der Waals surface area contributed by atoms with Crippen molar-refractivity contribution in [1.29, 1.82) is 0 Å². The molecule has 0 unspecified atom stereocenters. The van der Waals surface area contributed by atoms with E-state index < -0.39 is 0 Å². The summed E-state index contributed by atoms with van der Waals surface area (Å²) in [4.78, 5) is 0. The predicted octanol–water partition coefficient (Wildman–Crippen LogP) is 3.40. The van der Waals surface area contributed by atoms with Gasteiger partial charge in [-0.05, 0) is 42.7 Å². The molecule has 106 valence electrons. The first kappa shape index (κ1) is 15.6. The monoisotopic (exact) mass is 263 g/mol. The molecule has 0 aromatic heterocycles. The molecule has 0 amide bonds. The lowest BCUT2D eigenvalue weighted by Crippen LogP contribution is -2.19. The van der Waals surface area contributed by atoms with Crippen LogP contribution in [-0.2, 0) is 6.54 Å². The van der Waals surface area contributed by atoms with E-state index in [1.807, 2.05) is 19.1 Å². The first-order valence-corrected chi connectivity index (χ1v) is 6.67. The summed E-state index contributed by atoms with van der Waals surface area (Å²) < 4.78 is 11.0. The van der Waals surface area contributed by atoms with Crippen LogP contribution in [0.1, 0.15) is 26.3 Å². The summed E-state index contributed by atoms with van der Waals surface area (Å²) in [7, 11) is 1.65. The fraction of sp³-hybridized carbons (Fsp3) is 0.500. The summed E-state index contributed by atoms with van der Waals surface area (Å²) in [5.41, 5.74) is 2.18. The van der Waals surface area contributed by atoms with Crippen molar-refractivity contribution < 1.29 is 9.47 Å². The number of hydrogen-bond acceptors (Lipinski definition) is 3. The van der Waals surface area contributed by atoms with Crippen LogP contribution in [0.5, 0.6) is 11.5 Å². The molecule has 1 aromatic rings. The molecule has 0 heterocycles. The smallest absolute Gasteiger partial charge is 0.161 e. The van der Waals surface area contributed by atoms with Gasteiger partial charge in [0.15, 0.2) is 11.5 Å². The van der Waals surface area contributed by atoms with Crippen LogP contribution in [0.2, 0.25) is 0 Å². The summed E-state index contributed by atoms with van der Waals surface area (Å²) in [6, 6.07) is 6.02. The maximum Gasteiger partial charge on any atom is 0.161 e. The third-order valence-electron chi connectivity index (χ3n) is 2.58. The second kappa shape index (κ2) is 7.85. The minimum Gasteiger partial charge on any atom is -0.493 e. The molecule has 3 heteroatoms. The van der Waals surface area contributed by atoms with Crippen molar-refractivity contribution in [3.8, 4) is 11.5 Å². The largest absolute Gasteiger partial charge is 0.493 e. The van der Waals surface area contributed by atoms with E-state index in [0.29, 0.717) is 12.5 Å². The first-order valence-electron chi connectivity index (χ1n) is 6.67. The van der Waals surface area contributed by atoms with Crippen molar-refractivity contribution in [2.24, 2.45) is 5.92 Å². The minimum absolute atomic E-state index is 0.513. The maximum atomic E-state index is 5.71. The van der Waals surface area contributed by atoms with Crippen molar-refractivity contribution in [1.82, 2.24) is 5.32 Å². The Hall–Kier alpha value is -1.48. The van der Waals surface area contributed by atoms with Crippen molar-refractivity contribution in [3.63, 3.8) is 0 Å². The predicted molar refractivity (Wildman–Crippen MR) is 79.8 cm³/mol. The maximum absolute atomic E-state index is 5.71. The van der Waals surface area contributed by atoms with Gasteiger partial charge in [0.2, 0.25) is 0 Å². The lowest BCUT2D eigenvalue weighted by atomic mass is 10.2. The molecule has 0 atom stereocenters. The zero-order chi connectivity index (χ0) is 14.3. The molecule has 0 aliphatic heterocycles. The lowest BCUT2D eigenvalue weighted by Gasteiger charge is -2.13. The number of nitrogens with one attached hydrogen (secondary N) is 1. The molecule has 0 aliphatic carbocycles. The van der Waals surface area contributed by atoms with Crippen LogP contribution in [0.3, 0.4) is 0 Å². The second-order valence-corrected chi connectivity index (χ2v) is 5.26. The van der Waals surface area contributed by atoms with Crippen LogP contribution in [0.15, 0.2) is 30.4 Å². The number of rotatable bonds is 8. The molecule has 1 N–H and O–H groups in total. The average molecular weight is 263 g/mol. The van der Waals surface area contributed by atoms with Gasteiger partial charge in [-0.3, -0.25) is 0 Å². The number of methoxy groups -OCH3 is 1. The molecule has 1 aromatic carbocycles. The fourth-order valence-electron chi connectivity index (χ4n) is 1.65. The SMILES string of the molecule is C=C(C)COc1cc(CNCC(C)C)ccc1OC. The summed E-state index contributed by atoms with van der Waals surface area (Å²) in [6.45, 7) is 12.5. The topological polar surface area (TPSA) is 30.5 Å². The Morgan fingerprint density at radius 1 is 1.32 bits per heavy atom. The molecule has 0 aliphatic rings. The van der Waals surface area contributed by atoms with E-state index in [-0.39, 0.29) is 0 Å². The van der Waals surface area contributed by atoms with Gasteiger partial charge in [-0.1, -0.05) is 26.5 Å². The van der Waals surface area contributed by atoms with E-state index in [2.05, 4.69) is 31.8 Å². The second-order valence-electron chi connectivity index (χ2n) is 5.26. The van der Waals surface area contributed by atoms with E-state index >= 15 is 0 Å². The van der Waals surface area contributed by atoms with Gasteiger partial charge in [-0.15, -0.1) is 0 Å². The summed E-state index contributed by atoms with van der Waals surface area (Å²) >= 11 is 0. The summed E-state index contributed by atoms with van der Waals surface area (Å²) in [5, 5.41) is 3.42. The van der Waals surface area contributed by atoms with Gasteiger partial charge >= 0.3 is 0 Å². The summed E-state index contributed by atoms with van der Waals surface area (Å²) in [6.07, 6.45) is 0. The van der Waals surface area contributed by atoms with Gasteiger partial charge in [-0.2, -0.15) is 0 Å². The standard InChI is InChI=1S/C16H25NO2/c1-12(2)9-17-10-14-6-7-15(18-5)16(8-14)19-11-13(3)4/h6-8,12,17H,3,9-11H2,1-2,4-5H3. The van der Waals surface area contributed by atoms with E-state index in [1.165, 1.54) is 5.56 Å². The molecule has 0 saturated heterocycles. The number of ether oxygens (including phenoxy) is 2. The molecule has 0 radical (unpaired) electrons. The Labute approximate surface area is 116 Å². The normalized spacial score (nSPS) is 10.6. The Kier molecular flexibility index (Phi) is 6.43. The van der Waals surface area contributed by atoms with Crippen LogP contribution in [-0.4, -0.2) is 20.3 Å². The third kappa shape index (κ3) is 5.79. The Morgan fingerprint density at radius 3 is 2.63 bits per heavy atom. The van der Waals surface area contributed by atoms with Gasteiger partial charge in [0, 0.05) is 6.54 Å². The molecule has 19 heavy (non-hydrogen) atoms. The number of benzene rings is 1. The van der Waals surface area contributed by atoms with Crippen LogP contribution >= 0.6 is 0 Å². The molecule has 1 rings (SSSR count). The molecular formula is C16H25NO2. The van der Waals surface area contributed by atoms with Crippen molar-refractivity contribution in [3.05, 3.63) is 35.9 Å². The average Bonchev–Trinajstić information content (AvgIpc) is 2.36. The van der Waals surface area contributed by atoms with E-state index in [0.717, 1.165) is 30.2 Å². The van der Waals surface area contributed by atoms with Crippen LogP contribution in [0.4, 0.5) is 0 Å². The van der Waals surface area contributed by atoms with Crippen LogP contribution < -0.4 is 14.8 Å². The van der Waals surface area contributed by atoms with Gasteiger partial charge < -0.3 is 14.8 Å². The van der Waals surface area contributed by atoms with Gasteiger partial charge in [-0.25, -0.2) is 0 Å². The van der Waals surface area contributed by atoms with Gasteiger partial charge in [0.05, 0.1) is 7.11 Å². The first-order chi connectivity index (χ1) is 9.02. The Bertz CT molecular complexity index is 413. The van der Waals surface area contributed by atoms with Gasteiger partial charge in [0.25, 0.3) is 0 Å². The molecule has 0 bridgehead atoms. The van der Waals surface area contributed by atoms with Crippen molar-refractivity contribution in [2.45, 2.75) is 27.3 Å². The van der Waals surface area contributed by atoms with E-state index in [9.17, 15) is 0 Å². The zero-order valence-electron chi connectivity index (χ0n) is 12.5. The Morgan fingerprint density at radius 2 is 2.05 bits per heavy atom. The highest BCUT2D eigenvalue weighted by Crippen LogP contribution is 2.28. The molecule has 0 spiro atoms. The molecule has 3 nitrogen and oxygen atoms in total. The minimum atomic E-state index is 0.513. The zero-order valence-corrected chi connectivity index (χ0v) is 12.5. The highest BCUT2D eigenvalue weighted by atomic mass is 16.5. The molecular weight excluding hydrogens is 238 g/mol. The van der Waals surface area contributed by atoms with E-state index in [4.69, 9.17) is 9.47 Å². The fourth-order valence-corrected chi connectivity index (χ4v) is 1.65. The third-order valence-corrected chi connectivity index (χ3v) is 2.58. The van der Waals surface area contributed by atoms with Gasteiger partial charge in [0.1, 0.15) is 6.61 Å². The lowest BCUT2D eigenvalue weighted by molar-refractivity contribution is 0.319. The summed E-state index contributed by atoms with van der Waals surface area (Å²) in [5.74, 6) is 2.18. The highest BCUT2D eigenvalue weighted by molar-refractivity contribution is 5.43. The van der Waals surface area contributed by atoms with Crippen molar-refractivity contribution >= 4 is 0 Å². The number of hydrogen-bond donors (Lipinski definition) is 1. The van der Waals surface area contributed by atoms with E-state index in [1.54, 1.807) is 7.11 Å².